The van der Waals surface area contributed by atoms with Crippen LogP contribution < -0.4 is 14.8 Å². The number of hydrogen-bond donors (Lipinski definition) is 1. The van der Waals surface area contributed by atoms with Crippen molar-refractivity contribution in [3.8, 4) is 22.1 Å². The number of rotatable bonds is 8. The molecule has 7 nitrogen and oxygen atoms in total. The van der Waals surface area contributed by atoms with Crippen molar-refractivity contribution in [1.82, 2.24) is 15.2 Å². The van der Waals surface area contributed by atoms with Gasteiger partial charge in [0.1, 0.15) is 9.88 Å². The SMILES string of the molecule is COc1ccc(-c2nc(C)c(C(=O)N3CCC(NC(=O)CCc4ccccc4)CC3)s2)cc1OC. The molecule has 8 heteroatoms. The molecule has 0 unspecified atom stereocenters. The van der Waals surface area contributed by atoms with E-state index in [1.165, 1.54) is 11.3 Å². The lowest BCUT2D eigenvalue weighted by Crippen LogP contribution is -2.46. The van der Waals surface area contributed by atoms with Crippen LogP contribution in [0.1, 0.15) is 40.2 Å². The summed E-state index contributed by atoms with van der Waals surface area (Å²) >= 11 is 1.39. The standard InChI is InChI=1S/C27H31N3O4S/c1-18-25(35-26(28-18)20-10-11-22(33-2)23(17-20)34-3)27(32)30-15-13-21(14-16-30)29-24(31)12-9-19-7-5-4-6-8-19/h4-8,10-11,17,21H,9,12-16H2,1-3H3,(H,29,31). The number of aryl methyl sites for hydroxylation is 2. The summed E-state index contributed by atoms with van der Waals surface area (Å²) in [4.78, 5) is 32.8. The van der Waals surface area contributed by atoms with Gasteiger partial charge in [-0.15, -0.1) is 11.3 Å². The molecular formula is C27H31N3O4S. The summed E-state index contributed by atoms with van der Waals surface area (Å²) in [6.07, 6.45) is 2.71. The molecule has 1 saturated heterocycles. The lowest BCUT2D eigenvalue weighted by molar-refractivity contribution is -0.122. The van der Waals surface area contributed by atoms with E-state index in [-0.39, 0.29) is 17.9 Å². The first kappa shape index (κ1) is 24.7. The predicted molar refractivity (Wildman–Crippen MR) is 137 cm³/mol. The van der Waals surface area contributed by atoms with Crippen molar-refractivity contribution in [2.75, 3.05) is 27.3 Å². The Labute approximate surface area is 210 Å². The number of methoxy groups -OCH3 is 2. The number of nitrogens with one attached hydrogen (secondary N) is 1. The maximum Gasteiger partial charge on any atom is 0.265 e. The van der Waals surface area contributed by atoms with Gasteiger partial charge >= 0.3 is 0 Å². The topological polar surface area (TPSA) is 80.8 Å². The molecule has 1 fully saturated rings. The third-order valence-corrected chi connectivity index (χ3v) is 7.45. The number of thiazole rings is 1. The molecule has 0 radical (unpaired) electrons. The average Bonchev–Trinajstić information content (AvgIpc) is 3.29. The van der Waals surface area contributed by atoms with Gasteiger partial charge in [0.25, 0.3) is 5.91 Å². The fraction of sp³-hybridized carbons (Fsp3) is 0.370. The van der Waals surface area contributed by atoms with Crippen LogP contribution in [0.15, 0.2) is 48.5 Å². The number of piperidine rings is 1. The van der Waals surface area contributed by atoms with E-state index >= 15 is 0 Å². The first-order valence-corrected chi connectivity index (χ1v) is 12.6. The molecule has 0 bridgehead atoms. The zero-order chi connectivity index (χ0) is 24.8. The lowest BCUT2D eigenvalue weighted by atomic mass is 10.0. The van der Waals surface area contributed by atoms with E-state index in [1.54, 1.807) is 14.2 Å². The smallest absolute Gasteiger partial charge is 0.265 e. The van der Waals surface area contributed by atoms with Gasteiger partial charge in [-0.05, 0) is 49.9 Å². The number of carbonyl (C=O) groups is 2. The average molecular weight is 494 g/mol. The summed E-state index contributed by atoms with van der Waals surface area (Å²) in [6.45, 7) is 3.10. The number of ether oxygens (including phenoxy) is 2. The van der Waals surface area contributed by atoms with Crippen LogP contribution in [0, 0.1) is 6.92 Å². The van der Waals surface area contributed by atoms with Crippen molar-refractivity contribution in [3.63, 3.8) is 0 Å². The summed E-state index contributed by atoms with van der Waals surface area (Å²) in [5.74, 6) is 1.34. The lowest BCUT2D eigenvalue weighted by Gasteiger charge is -2.32. The second-order valence-electron chi connectivity index (χ2n) is 8.62. The molecule has 1 aliphatic rings. The number of aromatic nitrogens is 1. The first-order chi connectivity index (χ1) is 17.0. The summed E-state index contributed by atoms with van der Waals surface area (Å²) in [5.41, 5.74) is 2.77. The van der Waals surface area contributed by atoms with Crippen LogP contribution in [-0.2, 0) is 11.2 Å². The van der Waals surface area contributed by atoms with Crippen LogP contribution in [0.5, 0.6) is 11.5 Å². The Morgan fingerprint density at radius 2 is 1.77 bits per heavy atom. The minimum Gasteiger partial charge on any atom is -0.493 e. The van der Waals surface area contributed by atoms with E-state index in [0.717, 1.165) is 41.1 Å². The van der Waals surface area contributed by atoms with Crippen molar-refractivity contribution >= 4 is 23.2 Å². The molecule has 4 rings (SSSR count). The summed E-state index contributed by atoms with van der Waals surface area (Å²) in [7, 11) is 3.19. The Kier molecular flexibility index (Phi) is 8.02. The summed E-state index contributed by atoms with van der Waals surface area (Å²) in [5, 5.41) is 3.91. The summed E-state index contributed by atoms with van der Waals surface area (Å²) < 4.78 is 10.7. The van der Waals surface area contributed by atoms with E-state index in [1.807, 2.05) is 60.4 Å². The van der Waals surface area contributed by atoms with Crippen molar-refractivity contribution in [2.45, 2.75) is 38.6 Å². The molecule has 1 N–H and O–H groups in total. The highest BCUT2D eigenvalue weighted by molar-refractivity contribution is 7.17. The maximum absolute atomic E-state index is 13.2. The van der Waals surface area contributed by atoms with E-state index < -0.39 is 0 Å². The minimum atomic E-state index is 0.000538. The number of nitrogens with zero attached hydrogens (tertiary/aromatic N) is 2. The van der Waals surface area contributed by atoms with E-state index in [0.29, 0.717) is 35.9 Å². The molecule has 1 aliphatic heterocycles. The van der Waals surface area contributed by atoms with Gasteiger partial charge in [-0.1, -0.05) is 30.3 Å². The van der Waals surface area contributed by atoms with Gasteiger partial charge < -0.3 is 19.7 Å². The molecule has 35 heavy (non-hydrogen) atoms. The van der Waals surface area contributed by atoms with Crippen LogP contribution in [0.2, 0.25) is 0 Å². The highest BCUT2D eigenvalue weighted by Gasteiger charge is 2.27. The molecule has 184 valence electrons. The third-order valence-electron chi connectivity index (χ3n) is 6.25. The molecule has 0 atom stereocenters. The molecule has 1 aromatic heterocycles. The van der Waals surface area contributed by atoms with E-state index in [2.05, 4.69) is 10.3 Å². The first-order valence-electron chi connectivity index (χ1n) is 11.8. The Morgan fingerprint density at radius 1 is 1.06 bits per heavy atom. The quantitative estimate of drug-likeness (QED) is 0.500. The van der Waals surface area contributed by atoms with Crippen LogP contribution >= 0.6 is 11.3 Å². The van der Waals surface area contributed by atoms with Gasteiger partial charge in [-0.3, -0.25) is 9.59 Å². The highest BCUT2D eigenvalue weighted by Crippen LogP contribution is 2.35. The zero-order valence-corrected chi connectivity index (χ0v) is 21.2. The molecule has 2 heterocycles. The summed E-state index contributed by atoms with van der Waals surface area (Å²) in [6, 6.07) is 15.8. The Balaban J connectivity index is 1.32. The van der Waals surface area contributed by atoms with Crippen LogP contribution in [0.4, 0.5) is 0 Å². The molecule has 2 amide bonds. The van der Waals surface area contributed by atoms with E-state index in [4.69, 9.17) is 9.47 Å². The second-order valence-corrected chi connectivity index (χ2v) is 9.62. The Bertz CT molecular complexity index is 1170. The molecule has 0 saturated carbocycles. The van der Waals surface area contributed by atoms with Gasteiger partial charge in [0.15, 0.2) is 11.5 Å². The monoisotopic (exact) mass is 493 g/mol. The largest absolute Gasteiger partial charge is 0.493 e. The van der Waals surface area contributed by atoms with E-state index in [9.17, 15) is 9.59 Å². The van der Waals surface area contributed by atoms with Gasteiger partial charge in [0.05, 0.1) is 19.9 Å². The molecule has 0 aliphatic carbocycles. The second kappa shape index (κ2) is 11.4. The predicted octanol–water partition coefficient (Wildman–Crippen LogP) is 4.49. The molecule has 2 aromatic carbocycles. The number of benzene rings is 2. The zero-order valence-electron chi connectivity index (χ0n) is 20.4. The van der Waals surface area contributed by atoms with Gasteiger partial charge in [0.2, 0.25) is 5.91 Å². The number of amides is 2. The van der Waals surface area contributed by atoms with Crippen molar-refractivity contribution in [1.29, 1.82) is 0 Å². The van der Waals surface area contributed by atoms with Crippen LogP contribution in [-0.4, -0.2) is 55.0 Å². The van der Waals surface area contributed by atoms with Crippen LogP contribution in [0.3, 0.4) is 0 Å². The van der Waals surface area contributed by atoms with Crippen LogP contribution in [0.25, 0.3) is 10.6 Å². The molecule has 0 spiro atoms. The number of carbonyl (C=O) groups excluding carboxylic acids is 2. The molecule has 3 aromatic rings. The minimum absolute atomic E-state index is 0.000538. The number of hydrogen-bond acceptors (Lipinski definition) is 6. The van der Waals surface area contributed by atoms with Crippen molar-refractivity contribution in [3.05, 3.63) is 64.7 Å². The number of likely N-dealkylation sites (tertiary alicyclic amines) is 1. The van der Waals surface area contributed by atoms with Crippen molar-refractivity contribution < 1.29 is 19.1 Å². The Hall–Kier alpha value is -3.39. The van der Waals surface area contributed by atoms with Crippen molar-refractivity contribution in [2.24, 2.45) is 0 Å². The maximum atomic E-state index is 13.2. The fourth-order valence-corrected chi connectivity index (χ4v) is 5.29. The normalized spacial score (nSPS) is 14.0. The third kappa shape index (κ3) is 6.00. The highest BCUT2D eigenvalue weighted by atomic mass is 32.1. The van der Waals surface area contributed by atoms with Gasteiger partial charge in [-0.2, -0.15) is 0 Å². The van der Waals surface area contributed by atoms with Gasteiger partial charge in [0, 0.05) is 31.1 Å². The Morgan fingerprint density at radius 3 is 2.46 bits per heavy atom. The fourth-order valence-electron chi connectivity index (χ4n) is 4.26. The molecular weight excluding hydrogens is 462 g/mol. The van der Waals surface area contributed by atoms with Gasteiger partial charge in [-0.25, -0.2) is 4.98 Å².